The van der Waals surface area contributed by atoms with E-state index in [0.29, 0.717) is 0 Å². The summed E-state index contributed by atoms with van der Waals surface area (Å²) in [5.74, 6) is 0. The molecule has 2 rings (SSSR count). The number of carbonyl (C=O) groups excluding carboxylic acids is 1. The van der Waals surface area contributed by atoms with Crippen LogP contribution in [0.25, 0.3) is 11.0 Å². The van der Waals surface area contributed by atoms with Crippen molar-refractivity contribution in [3.8, 4) is 0 Å². The fourth-order valence-corrected chi connectivity index (χ4v) is 1.29. The summed E-state index contributed by atoms with van der Waals surface area (Å²) in [6, 6.07) is 7.94. The second kappa shape index (κ2) is 6.61. The smallest absolute Gasteiger partial charge is 0.209 e. The highest BCUT2D eigenvalue weighted by Gasteiger charge is 1.88. The monoisotopic (exact) mass is 219 g/mol. The van der Waals surface area contributed by atoms with E-state index in [-0.39, 0.29) is 0 Å². The molecule has 0 aliphatic heterocycles. The Bertz CT molecular complexity index is 395. The number of amides is 1. The van der Waals surface area contributed by atoms with E-state index < -0.39 is 0 Å². The van der Waals surface area contributed by atoms with Crippen molar-refractivity contribution in [2.24, 2.45) is 0 Å². The summed E-state index contributed by atoms with van der Waals surface area (Å²) in [5, 5.41) is 0. The van der Waals surface area contributed by atoms with Crippen LogP contribution in [0, 0.1) is 0 Å². The van der Waals surface area contributed by atoms with E-state index >= 15 is 0 Å². The predicted molar refractivity (Wildman–Crippen MR) is 65.1 cm³/mol. The molecule has 86 valence electrons. The highest BCUT2D eigenvalue weighted by atomic mass is 16.1. The van der Waals surface area contributed by atoms with Crippen LogP contribution in [0.4, 0.5) is 0 Å². The zero-order chi connectivity index (χ0) is 11.8. The molecule has 1 heterocycles. The maximum absolute atomic E-state index is 9.82. The molecule has 1 aromatic carbocycles. The lowest BCUT2D eigenvalue weighted by molar-refractivity contribution is -0.117. The maximum Gasteiger partial charge on any atom is 0.209 e. The Kier molecular flexibility index (Phi) is 5.05. The Labute approximate surface area is 95.3 Å². The maximum atomic E-state index is 9.82. The Morgan fingerprint density at radius 3 is 2.75 bits per heavy atom. The topological polar surface area (TPSA) is 49.0 Å². The van der Waals surface area contributed by atoms with Gasteiger partial charge in [0.25, 0.3) is 0 Å². The molecule has 0 aliphatic rings. The summed E-state index contributed by atoms with van der Waals surface area (Å²) in [4.78, 5) is 18.5. The van der Waals surface area contributed by atoms with Gasteiger partial charge in [-0.25, -0.2) is 4.98 Å². The van der Waals surface area contributed by atoms with E-state index in [1.165, 1.54) is 0 Å². The fraction of sp³-hybridized carbons (Fsp3) is 0.333. The van der Waals surface area contributed by atoms with E-state index in [0.717, 1.165) is 30.4 Å². The Balaban J connectivity index is 0.000000168. The van der Waals surface area contributed by atoms with Crippen LogP contribution in [0.2, 0.25) is 0 Å². The van der Waals surface area contributed by atoms with Crippen molar-refractivity contribution in [1.82, 2.24) is 14.9 Å². The molecule has 16 heavy (non-hydrogen) atoms. The lowest BCUT2D eigenvalue weighted by Crippen LogP contribution is -2.15. The molecule has 0 spiro atoms. The van der Waals surface area contributed by atoms with E-state index in [4.69, 9.17) is 0 Å². The average Bonchev–Trinajstić information content (AvgIpc) is 2.78. The number of fused-ring (bicyclic) bond motifs is 1. The third-order valence-electron chi connectivity index (χ3n) is 2.08. The lowest BCUT2D eigenvalue weighted by atomic mass is 10.3. The number of hydrogen-bond donors (Lipinski definition) is 1. The van der Waals surface area contributed by atoms with Crippen LogP contribution in [-0.2, 0) is 4.79 Å². The number of H-pyrrole nitrogens is 1. The number of para-hydroxylation sites is 2. The number of hydrogen-bond acceptors (Lipinski definition) is 2. The molecule has 0 fully saturated rings. The van der Waals surface area contributed by atoms with Gasteiger partial charge in [0, 0.05) is 13.6 Å². The molecular formula is C12H17N3O. The largest absolute Gasteiger partial charge is 0.348 e. The second-order valence-corrected chi connectivity index (χ2v) is 3.51. The van der Waals surface area contributed by atoms with E-state index in [1.807, 2.05) is 31.2 Å². The van der Waals surface area contributed by atoms with E-state index in [2.05, 4.69) is 9.97 Å². The van der Waals surface area contributed by atoms with Crippen molar-refractivity contribution in [3.05, 3.63) is 30.6 Å². The molecule has 0 aliphatic carbocycles. The molecule has 0 bridgehead atoms. The summed E-state index contributed by atoms with van der Waals surface area (Å²) in [6.07, 6.45) is 3.57. The van der Waals surface area contributed by atoms with Crippen molar-refractivity contribution in [2.45, 2.75) is 13.3 Å². The number of benzene rings is 1. The molecule has 1 aromatic heterocycles. The van der Waals surface area contributed by atoms with Crippen molar-refractivity contribution in [2.75, 3.05) is 13.6 Å². The standard InChI is InChI=1S/C7H6N2.C5H11NO/c1-2-4-7-6(3-1)8-5-9-7;1-3-4-6(2)5-7/h1-5H,(H,8,9);5H,3-4H2,1-2H3. The van der Waals surface area contributed by atoms with Gasteiger partial charge in [0.1, 0.15) is 0 Å². The first kappa shape index (κ1) is 12.2. The van der Waals surface area contributed by atoms with Gasteiger partial charge in [-0.2, -0.15) is 0 Å². The summed E-state index contributed by atoms with van der Waals surface area (Å²) < 4.78 is 0. The van der Waals surface area contributed by atoms with Crippen LogP contribution < -0.4 is 0 Å². The molecule has 0 saturated heterocycles. The van der Waals surface area contributed by atoms with Crippen molar-refractivity contribution < 1.29 is 4.79 Å². The molecule has 4 nitrogen and oxygen atoms in total. The molecule has 1 amide bonds. The van der Waals surface area contributed by atoms with E-state index in [1.54, 1.807) is 18.3 Å². The Morgan fingerprint density at radius 2 is 2.19 bits per heavy atom. The number of nitrogens with one attached hydrogen (secondary N) is 1. The molecule has 0 atom stereocenters. The van der Waals surface area contributed by atoms with Gasteiger partial charge in [0.15, 0.2) is 0 Å². The molecule has 0 saturated carbocycles. The summed E-state index contributed by atoms with van der Waals surface area (Å²) in [6.45, 7) is 2.91. The molecule has 2 aromatic rings. The normalized spacial score (nSPS) is 9.38. The highest BCUT2D eigenvalue weighted by molar-refractivity contribution is 5.73. The Hall–Kier alpha value is -1.84. The SMILES string of the molecule is CCCN(C)C=O.c1ccc2[nH]cnc2c1. The molecule has 0 radical (unpaired) electrons. The van der Waals surface area contributed by atoms with Gasteiger partial charge in [-0.15, -0.1) is 0 Å². The minimum absolute atomic E-state index is 0.837. The van der Waals surface area contributed by atoms with E-state index in [9.17, 15) is 4.79 Å². The number of aromatic amines is 1. The number of carbonyl (C=O) groups is 1. The van der Waals surface area contributed by atoms with Crippen LogP contribution in [0.15, 0.2) is 30.6 Å². The first-order valence-corrected chi connectivity index (χ1v) is 5.31. The van der Waals surface area contributed by atoms with Gasteiger partial charge < -0.3 is 9.88 Å². The highest BCUT2D eigenvalue weighted by Crippen LogP contribution is 2.05. The van der Waals surface area contributed by atoms with Gasteiger partial charge in [-0.1, -0.05) is 19.1 Å². The zero-order valence-electron chi connectivity index (χ0n) is 9.68. The van der Waals surface area contributed by atoms with Gasteiger partial charge in [0.2, 0.25) is 6.41 Å². The molecule has 1 N–H and O–H groups in total. The van der Waals surface area contributed by atoms with Gasteiger partial charge in [-0.05, 0) is 18.6 Å². The van der Waals surface area contributed by atoms with Crippen LogP contribution in [0.3, 0.4) is 0 Å². The van der Waals surface area contributed by atoms with Crippen LogP contribution in [-0.4, -0.2) is 34.9 Å². The fourth-order valence-electron chi connectivity index (χ4n) is 1.29. The molecule has 4 heteroatoms. The lowest BCUT2D eigenvalue weighted by Gasteiger charge is -2.05. The molecular weight excluding hydrogens is 202 g/mol. The van der Waals surface area contributed by atoms with Gasteiger partial charge >= 0.3 is 0 Å². The molecule has 0 unspecified atom stereocenters. The van der Waals surface area contributed by atoms with Gasteiger partial charge in [-0.3, -0.25) is 4.79 Å². The summed E-state index contributed by atoms with van der Waals surface area (Å²) in [5.41, 5.74) is 2.12. The van der Waals surface area contributed by atoms with Crippen LogP contribution in [0.1, 0.15) is 13.3 Å². The first-order valence-electron chi connectivity index (χ1n) is 5.31. The average molecular weight is 219 g/mol. The van der Waals surface area contributed by atoms with Crippen molar-refractivity contribution >= 4 is 17.4 Å². The number of aromatic nitrogens is 2. The minimum atomic E-state index is 0.837. The second-order valence-electron chi connectivity index (χ2n) is 3.51. The third-order valence-corrected chi connectivity index (χ3v) is 2.08. The zero-order valence-corrected chi connectivity index (χ0v) is 9.68. The van der Waals surface area contributed by atoms with Crippen LogP contribution >= 0.6 is 0 Å². The van der Waals surface area contributed by atoms with Crippen LogP contribution in [0.5, 0.6) is 0 Å². The number of rotatable bonds is 3. The third kappa shape index (κ3) is 3.73. The van der Waals surface area contributed by atoms with Crippen molar-refractivity contribution in [3.63, 3.8) is 0 Å². The predicted octanol–water partition coefficient (Wildman–Crippen LogP) is 2.05. The summed E-state index contributed by atoms with van der Waals surface area (Å²) in [7, 11) is 1.77. The number of imidazole rings is 1. The first-order chi connectivity index (χ1) is 7.77. The van der Waals surface area contributed by atoms with Gasteiger partial charge in [0.05, 0.1) is 17.4 Å². The summed E-state index contributed by atoms with van der Waals surface area (Å²) >= 11 is 0. The van der Waals surface area contributed by atoms with Crippen molar-refractivity contribution in [1.29, 1.82) is 0 Å². The minimum Gasteiger partial charge on any atom is -0.348 e. The Morgan fingerprint density at radius 1 is 1.44 bits per heavy atom. The number of nitrogens with zero attached hydrogens (tertiary/aromatic N) is 2. The quantitative estimate of drug-likeness (QED) is 0.803.